The summed E-state index contributed by atoms with van der Waals surface area (Å²) in [6.45, 7) is 5.64. The van der Waals surface area contributed by atoms with Crippen LogP contribution in [-0.2, 0) is 11.3 Å². The monoisotopic (exact) mass is 267 g/mol. The van der Waals surface area contributed by atoms with E-state index in [0.29, 0.717) is 18.1 Å². The first-order valence-electron chi connectivity index (χ1n) is 6.01. The van der Waals surface area contributed by atoms with Gasteiger partial charge in [-0.3, -0.25) is 4.79 Å². The van der Waals surface area contributed by atoms with E-state index in [9.17, 15) is 4.79 Å². The van der Waals surface area contributed by atoms with Crippen molar-refractivity contribution in [2.75, 3.05) is 18.0 Å². The molecule has 1 aromatic carbocycles. The molecule has 5 heteroatoms. The van der Waals surface area contributed by atoms with Crippen molar-refractivity contribution in [3.63, 3.8) is 0 Å². The number of nitrogens with one attached hydrogen (secondary N) is 1. The second-order valence-electron chi connectivity index (χ2n) is 4.94. The number of carbonyl (C=O) groups is 1. The standard InChI is InChI=1S/C13H18ClN3O/c1-13(2)12(18)16-5-6-17(13)11-7-10(14)4-3-9(11)8-15/h3-4,7H,5-6,8,15H2,1-2H3,(H,16,18). The van der Waals surface area contributed by atoms with Crippen molar-refractivity contribution in [2.24, 2.45) is 5.73 Å². The fourth-order valence-corrected chi connectivity index (χ4v) is 2.45. The summed E-state index contributed by atoms with van der Waals surface area (Å²) in [5, 5.41) is 3.54. The largest absolute Gasteiger partial charge is 0.355 e. The molecule has 0 spiro atoms. The summed E-state index contributed by atoms with van der Waals surface area (Å²) in [4.78, 5) is 14.0. The minimum atomic E-state index is -0.590. The molecule has 0 aliphatic carbocycles. The van der Waals surface area contributed by atoms with E-state index in [0.717, 1.165) is 17.8 Å². The van der Waals surface area contributed by atoms with E-state index in [1.54, 1.807) is 0 Å². The molecule has 3 N–H and O–H groups in total. The van der Waals surface area contributed by atoms with Gasteiger partial charge in [0.05, 0.1) is 0 Å². The molecule has 0 saturated carbocycles. The molecule has 4 nitrogen and oxygen atoms in total. The van der Waals surface area contributed by atoms with Crippen molar-refractivity contribution >= 4 is 23.2 Å². The van der Waals surface area contributed by atoms with Crippen LogP contribution < -0.4 is 16.0 Å². The molecule has 18 heavy (non-hydrogen) atoms. The summed E-state index contributed by atoms with van der Waals surface area (Å²) in [5.74, 6) is 0.0247. The number of piperazine rings is 1. The Hall–Kier alpha value is -1.26. The Kier molecular flexibility index (Phi) is 3.50. The van der Waals surface area contributed by atoms with Crippen molar-refractivity contribution in [2.45, 2.75) is 25.9 Å². The highest BCUT2D eigenvalue weighted by Crippen LogP contribution is 2.31. The number of carbonyl (C=O) groups excluding carboxylic acids is 1. The van der Waals surface area contributed by atoms with Gasteiger partial charge in [0.1, 0.15) is 5.54 Å². The highest BCUT2D eigenvalue weighted by Gasteiger charge is 2.38. The molecule has 1 saturated heterocycles. The minimum absolute atomic E-state index is 0.0247. The summed E-state index contributed by atoms with van der Waals surface area (Å²) in [5.41, 5.74) is 7.12. The fraction of sp³-hybridized carbons (Fsp3) is 0.462. The molecule has 1 aliphatic heterocycles. The van der Waals surface area contributed by atoms with Crippen molar-refractivity contribution in [3.05, 3.63) is 28.8 Å². The minimum Gasteiger partial charge on any atom is -0.355 e. The second kappa shape index (κ2) is 4.78. The van der Waals surface area contributed by atoms with E-state index in [1.165, 1.54) is 0 Å². The predicted molar refractivity (Wildman–Crippen MR) is 73.8 cm³/mol. The van der Waals surface area contributed by atoms with Gasteiger partial charge in [-0.05, 0) is 31.5 Å². The fourth-order valence-electron chi connectivity index (χ4n) is 2.28. The summed E-state index contributed by atoms with van der Waals surface area (Å²) in [6, 6.07) is 5.62. The van der Waals surface area contributed by atoms with Crippen LogP contribution in [0.2, 0.25) is 5.02 Å². The van der Waals surface area contributed by atoms with Gasteiger partial charge in [-0.1, -0.05) is 17.7 Å². The first-order valence-corrected chi connectivity index (χ1v) is 6.39. The normalized spacial score (nSPS) is 18.7. The van der Waals surface area contributed by atoms with Crippen LogP contribution in [0.25, 0.3) is 0 Å². The molecule has 1 aromatic rings. The van der Waals surface area contributed by atoms with Gasteiger partial charge in [0.25, 0.3) is 0 Å². The van der Waals surface area contributed by atoms with Crippen molar-refractivity contribution in [1.29, 1.82) is 0 Å². The van der Waals surface area contributed by atoms with Gasteiger partial charge in [-0.2, -0.15) is 0 Å². The van der Waals surface area contributed by atoms with Crippen molar-refractivity contribution in [3.8, 4) is 0 Å². The van der Waals surface area contributed by atoms with E-state index in [-0.39, 0.29) is 5.91 Å². The van der Waals surface area contributed by atoms with E-state index in [1.807, 2.05) is 32.0 Å². The molecule has 2 rings (SSSR count). The summed E-state index contributed by atoms with van der Waals surface area (Å²) in [6.07, 6.45) is 0. The number of amides is 1. The topological polar surface area (TPSA) is 58.4 Å². The average molecular weight is 268 g/mol. The zero-order chi connectivity index (χ0) is 13.3. The lowest BCUT2D eigenvalue weighted by Gasteiger charge is -2.43. The number of hydrogen-bond donors (Lipinski definition) is 2. The third kappa shape index (κ3) is 2.18. The van der Waals surface area contributed by atoms with Gasteiger partial charge < -0.3 is 16.0 Å². The van der Waals surface area contributed by atoms with Gasteiger partial charge in [0.2, 0.25) is 5.91 Å². The van der Waals surface area contributed by atoms with Crippen molar-refractivity contribution < 1.29 is 4.79 Å². The van der Waals surface area contributed by atoms with Crippen LogP contribution in [0.3, 0.4) is 0 Å². The molecule has 0 radical (unpaired) electrons. The van der Waals surface area contributed by atoms with Crippen LogP contribution in [0.15, 0.2) is 18.2 Å². The Labute approximate surface area is 112 Å². The maximum atomic E-state index is 12.0. The highest BCUT2D eigenvalue weighted by molar-refractivity contribution is 6.30. The first-order chi connectivity index (χ1) is 8.46. The number of nitrogens with two attached hydrogens (primary N) is 1. The van der Waals surface area contributed by atoms with Gasteiger partial charge >= 0.3 is 0 Å². The Bertz CT molecular complexity index is 473. The van der Waals surface area contributed by atoms with Crippen LogP contribution in [0.4, 0.5) is 5.69 Å². The van der Waals surface area contributed by atoms with Gasteiger partial charge in [0.15, 0.2) is 0 Å². The highest BCUT2D eigenvalue weighted by atomic mass is 35.5. The Morgan fingerprint density at radius 1 is 1.50 bits per heavy atom. The average Bonchev–Trinajstić information content (AvgIpc) is 2.32. The zero-order valence-corrected chi connectivity index (χ0v) is 11.4. The maximum Gasteiger partial charge on any atom is 0.245 e. The lowest BCUT2D eigenvalue weighted by Crippen LogP contribution is -2.62. The number of benzene rings is 1. The van der Waals surface area contributed by atoms with Gasteiger partial charge in [0, 0.05) is 30.3 Å². The van der Waals surface area contributed by atoms with E-state index in [2.05, 4.69) is 10.2 Å². The Balaban J connectivity index is 2.46. The quantitative estimate of drug-likeness (QED) is 0.854. The number of halogens is 1. The summed E-state index contributed by atoms with van der Waals surface area (Å²) >= 11 is 6.05. The number of rotatable bonds is 2. The van der Waals surface area contributed by atoms with Gasteiger partial charge in [-0.15, -0.1) is 0 Å². The number of nitrogens with zero attached hydrogens (tertiary/aromatic N) is 1. The van der Waals surface area contributed by atoms with Crippen LogP contribution in [0, 0.1) is 0 Å². The van der Waals surface area contributed by atoms with E-state index >= 15 is 0 Å². The number of anilines is 1. The van der Waals surface area contributed by atoms with Crippen LogP contribution >= 0.6 is 11.6 Å². The third-order valence-electron chi connectivity index (χ3n) is 3.41. The Morgan fingerprint density at radius 3 is 2.89 bits per heavy atom. The van der Waals surface area contributed by atoms with Crippen LogP contribution in [0.1, 0.15) is 19.4 Å². The molecule has 0 atom stereocenters. The molecule has 98 valence electrons. The second-order valence-corrected chi connectivity index (χ2v) is 5.38. The lowest BCUT2D eigenvalue weighted by atomic mass is 9.96. The molecule has 1 heterocycles. The molecular weight excluding hydrogens is 250 g/mol. The van der Waals surface area contributed by atoms with Crippen LogP contribution in [-0.4, -0.2) is 24.5 Å². The summed E-state index contributed by atoms with van der Waals surface area (Å²) < 4.78 is 0. The number of hydrogen-bond acceptors (Lipinski definition) is 3. The smallest absolute Gasteiger partial charge is 0.245 e. The maximum absolute atomic E-state index is 12.0. The van der Waals surface area contributed by atoms with Gasteiger partial charge in [-0.25, -0.2) is 0 Å². The van der Waals surface area contributed by atoms with E-state index in [4.69, 9.17) is 17.3 Å². The van der Waals surface area contributed by atoms with Crippen LogP contribution in [0.5, 0.6) is 0 Å². The molecule has 0 bridgehead atoms. The predicted octanol–water partition coefficient (Wildman–Crippen LogP) is 1.51. The first kappa shape index (κ1) is 13.2. The summed E-state index contributed by atoms with van der Waals surface area (Å²) in [7, 11) is 0. The molecule has 1 amide bonds. The molecule has 0 aromatic heterocycles. The lowest BCUT2D eigenvalue weighted by molar-refractivity contribution is -0.126. The van der Waals surface area contributed by atoms with Crippen molar-refractivity contribution in [1.82, 2.24) is 5.32 Å². The zero-order valence-electron chi connectivity index (χ0n) is 10.7. The SMILES string of the molecule is CC1(C)C(=O)NCCN1c1cc(Cl)ccc1CN. The Morgan fingerprint density at radius 2 is 2.22 bits per heavy atom. The third-order valence-corrected chi connectivity index (χ3v) is 3.64. The van der Waals surface area contributed by atoms with E-state index < -0.39 is 5.54 Å². The molecular formula is C13H18ClN3O. The molecule has 0 unspecified atom stereocenters. The molecule has 1 fully saturated rings. The molecule has 1 aliphatic rings.